The molecule has 0 aliphatic carbocycles. The van der Waals surface area contributed by atoms with Crippen molar-refractivity contribution in [2.24, 2.45) is 5.73 Å². The molecule has 4 nitrogen and oxygen atoms in total. The van der Waals surface area contributed by atoms with E-state index in [0.29, 0.717) is 12.0 Å². The second-order valence-electron chi connectivity index (χ2n) is 3.74. The molecule has 5 heteroatoms. The molecule has 1 aromatic rings. The van der Waals surface area contributed by atoms with Gasteiger partial charge in [0.2, 0.25) is 11.8 Å². The maximum atomic E-state index is 12.9. The van der Waals surface area contributed by atoms with Crippen molar-refractivity contribution in [1.29, 1.82) is 0 Å². The van der Waals surface area contributed by atoms with Crippen LogP contribution >= 0.6 is 0 Å². The third-order valence-corrected chi connectivity index (χ3v) is 2.34. The van der Waals surface area contributed by atoms with Crippen LogP contribution in [0.15, 0.2) is 24.3 Å². The molecule has 2 amide bonds. The zero-order valence-corrected chi connectivity index (χ0v) is 9.57. The van der Waals surface area contributed by atoms with Crippen molar-refractivity contribution in [3.05, 3.63) is 35.6 Å². The molecule has 1 rings (SSSR count). The van der Waals surface area contributed by atoms with E-state index in [1.807, 2.05) is 0 Å². The van der Waals surface area contributed by atoms with Crippen molar-refractivity contribution in [2.45, 2.75) is 25.8 Å². The first kappa shape index (κ1) is 13.2. The molecule has 0 aliphatic heterocycles. The summed E-state index contributed by atoms with van der Waals surface area (Å²) >= 11 is 0. The molecule has 1 aromatic carbocycles. The molecule has 0 radical (unpaired) electrons. The number of rotatable bonds is 5. The predicted octanol–water partition coefficient (Wildman–Crippen LogP) is 0.748. The molecule has 0 fully saturated rings. The summed E-state index contributed by atoms with van der Waals surface area (Å²) in [6, 6.07) is 5.10. The summed E-state index contributed by atoms with van der Waals surface area (Å²) in [6.07, 6.45) is 0.464. The number of nitrogens with one attached hydrogen (secondary N) is 1. The van der Waals surface area contributed by atoms with Crippen LogP contribution in [0, 0.1) is 5.82 Å². The second kappa shape index (κ2) is 5.98. The van der Waals surface area contributed by atoms with Gasteiger partial charge in [0.05, 0.1) is 6.42 Å². The van der Waals surface area contributed by atoms with Crippen molar-refractivity contribution < 1.29 is 14.0 Å². The van der Waals surface area contributed by atoms with Crippen LogP contribution < -0.4 is 11.1 Å². The Morgan fingerprint density at radius 1 is 1.47 bits per heavy atom. The number of hydrogen-bond donors (Lipinski definition) is 2. The van der Waals surface area contributed by atoms with Crippen LogP contribution in [0.5, 0.6) is 0 Å². The van der Waals surface area contributed by atoms with Gasteiger partial charge in [0.25, 0.3) is 0 Å². The Kier molecular flexibility index (Phi) is 4.63. The number of hydrogen-bond acceptors (Lipinski definition) is 2. The van der Waals surface area contributed by atoms with E-state index in [-0.39, 0.29) is 12.3 Å². The Balaban J connectivity index is 2.58. The van der Waals surface area contributed by atoms with Crippen molar-refractivity contribution in [2.75, 3.05) is 0 Å². The van der Waals surface area contributed by atoms with Gasteiger partial charge in [-0.15, -0.1) is 0 Å². The highest BCUT2D eigenvalue weighted by Gasteiger charge is 2.15. The standard InChI is InChI=1S/C12H15FN2O2/c1-2-10(12(14)17)15-11(16)7-8-4-3-5-9(13)6-8/h3-6,10H,2,7H2,1H3,(H2,14,17)(H,15,16)/t10-/m0/s1. The molecule has 0 aromatic heterocycles. The van der Waals surface area contributed by atoms with Gasteiger partial charge in [-0.2, -0.15) is 0 Å². The second-order valence-corrected chi connectivity index (χ2v) is 3.74. The highest BCUT2D eigenvalue weighted by atomic mass is 19.1. The molecule has 3 N–H and O–H groups in total. The fraction of sp³-hybridized carbons (Fsp3) is 0.333. The molecule has 0 unspecified atom stereocenters. The average molecular weight is 238 g/mol. The van der Waals surface area contributed by atoms with Crippen molar-refractivity contribution in [1.82, 2.24) is 5.32 Å². The third-order valence-electron chi connectivity index (χ3n) is 2.34. The smallest absolute Gasteiger partial charge is 0.239 e. The van der Waals surface area contributed by atoms with Crippen LogP contribution in [0.3, 0.4) is 0 Å². The van der Waals surface area contributed by atoms with Crippen LogP contribution in [0.4, 0.5) is 4.39 Å². The highest BCUT2D eigenvalue weighted by molar-refractivity contribution is 5.87. The Morgan fingerprint density at radius 3 is 2.71 bits per heavy atom. The molecular weight excluding hydrogens is 223 g/mol. The minimum absolute atomic E-state index is 0.0293. The molecule has 0 aliphatic rings. The van der Waals surface area contributed by atoms with Crippen molar-refractivity contribution in [3.8, 4) is 0 Å². The number of primary amides is 1. The van der Waals surface area contributed by atoms with Crippen molar-refractivity contribution >= 4 is 11.8 Å². The predicted molar refractivity (Wildman–Crippen MR) is 61.5 cm³/mol. The largest absolute Gasteiger partial charge is 0.368 e. The number of amides is 2. The molecule has 0 saturated heterocycles. The average Bonchev–Trinajstić information content (AvgIpc) is 2.25. The number of nitrogens with two attached hydrogens (primary N) is 1. The Labute approximate surface area is 99.0 Å². The molecule has 0 bridgehead atoms. The van der Waals surface area contributed by atoms with Crippen LogP contribution in [-0.4, -0.2) is 17.9 Å². The summed E-state index contributed by atoms with van der Waals surface area (Å²) in [7, 11) is 0. The van der Waals surface area contributed by atoms with E-state index in [0.717, 1.165) is 0 Å². The van der Waals surface area contributed by atoms with Crippen LogP contribution in [0.1, 0.15) is 18.9 Å². The summed E-state index contributed by atoms with van der Waals surface area (Å²) in [5.74, 6) is -1.31. The number of halogens is 1. The first-order chi connectivity index (χ1) is 8.02. The zero-order valence-electron chi connectivity index (χ0n) is 9.57. The molecular formula is C12H15FN2O2. The maximum Gasteiger partial charge on any atom is 0.239 e. The van der Waals surface area contributed by atoms with Gasteiger partial charge in [0.1, 0.15) is 11.9 Å². The van der Waals surface area contributed by atoms with E-state index in [9.17, 15) is 14.0 Å². The molecule has 1 atom stereocenters. The molecule has 17 heavy (non-hydrogen) atoms. The normalized spacial score (nSPS) is 11.9. The molecule has 92 valence electrons. The zero-order chi connectivity index (χ0) is 12.8. The summed E-state index contributed by atoms with van der Waals surface area (Å²) in [5, 5.41) is 2.50. The highest BCUT2D eigenvalue weighted by Crippen LogP contribution is 2.04. The van der Waals surface area contributed by atoms with Crippen LogP contribution in [0.2, 0.25) is 0 Å². The first-order valence-corrected chi connectivity index (χ1v) is 5.36. The van der Waals surface area contributed by atoms with Gasteiger partial charge in [-0.05, 0) is 24.1 Å². The maximum absolute atomic E-state index is 12.9. The van der Waals surface area contributed by atoms with Gasteiger partial charge in [-0.1, -0.05) is 19.1 Å². The van der Waals surface area contributed by atoms with Crippen molar-refractivity contribution in [3.63, 3.8) is 0 Å². The SMILES string of the molecule is CC[C@H](NC(=O)Cc1cccc(F)c1)C(N)=O. The minimum atomic E-state index is -0.670. The molecule has 0 heterocycles. The van der Waals surface area contributed by atoms with Gasteiger partial charge in [0, 0.05) is 0 Å². The quantitative estimate of drug-likeness (QED) is 0.794. The van der Waals surface area contributed by atoms with E-state index in [2.05, 4.69) is 5.32 Å². The lowest BCUT2D eigenvalue weighted by atomic mass is 10.1. The van der Waals surface area contributed by atoms with Gasteiger partial charge in [-0.25, -0.2) is 4.39 Å². The lowest BCUT2D eigenvalue weighted by Crippen LogP contribution is -2.44. The molecule has 0 saturated carbocycles. The summed E-state index contributed by atoms with van der Waals surface area (Å²) in [4.78, 5) is 22.5. The van der Waals surface area contributed by atoms with E-state index in [1.165, 1.54) is 18.2 Å². The molecule has 0 spiro atoms. The topological polar surface area (TPSA) is 72.2 Å². The lowest BCUT2D eigenvalue weighted by Gasteiger charge is -2.13. The lowest BCUT2D eigenvalue weighted by molar-refractivity contribution is -0.127. The van der Waals surface area contributed by atoms with Gasteiger partial charge in [0.15, 0.2) is 0 Å². The number of carbonyl (C=O) groups excluding carboxylic acids is 2. The monoisotopic (exact) mass is 238 g/mol. The Bertz CT molecular complexity index is 421. The van der Waals surface area contributed by atoms with Gasteiger partial charge >= 0.3 is 0 Å². The van der Waals surface area contributed by atoms with E-state index in [4.69, 9.17) is 5.73 Å². The summed E-state index contributed by atoms with van der Waals surface area (Å²) in [6.45, 7) is 1.75. The fourth-order valence-corrected chi connectivity index (χ4v) is 1.45. The summed E-state index contributed by atoms with van der Waals surface area (Å²) < 4.78 is 12.9. The van der Waals surface area contributed by atoms with Crippen LogP contribution in [0.25, 0.3) is 0 Å². The number of benzene rings is 1. The Morgan fingerprint density at radius 2 is 2.18 bits per heavy atom. The number of carbonyl (C=O) groups is 2. The first-order valence-electron chi connectivity index (χ1n) is 5.36. The Hall–Kier alpha value is -1.91. The van der Waals surface area contributed by atoms with Gasteiger partial charge in [-0.3, -0.25) is 9.59 Å². The minimum Gasteiger partial charge on any atom is -0.368 e. The van der Waals surface area contributed by atoms with E-state index >= 15 is 0 Å². The van der Waals surface area contributed by atoms with E-state index in [1.54, 1.807) is 13.0 Å². The fourth-order valence-electron chi connectivity index (χ4n) is 1.45. The van der Waals surface area contributed by atoms with Crippen LogP contribution in [-0.2, 0) is 16.0 Å². The van der Waals surface area contributed by atoms with E-state index < -0.39 is 17.8 Å². The van der Waals surface area contributed by atoms with Gasteiger partial charge < -0.3 is 11.1 Å². The third kappa shape index (κ3) is 4.22. The summed E-state index contributed by atoms with van der Waals surface area (Å²) in [5.41, 5.74) is 5.66.